The van der Waals surface area contributed by atoms with E-state index in [0.29, 0.717) is 21.7 Å². The number of aromatic nitrogens is 1. The second-order valence-corrected chi connectivity index (χ2v) is 3.52. The van der Waals surface area contributed by atoms with Gasteiger partial charge in [-0.05, 0) is 0 Å². The minimum absolute atomic E-state index is 0. The van der Waals surface area contributed by atoms with Gasteiger partial charge in [0.1, 0.15) is 17.5 Å². The molecule has 1 heterocycles. The Labute approximate surface area is 108 Å². The molecule has 0 radical (unpaired) electrons. The summed E-state index contributed by atoms with van der Waals surface area (Å²) < 4.78 is 29.0. The molecular weight excluding hydrogens is 271 g/mol. The van der Waals surface area contributed by atoms with E-state index >= 15 is 0 Å². The minimum Gasteiger partial charge on any atom is -0.485 e. The van der Waals surface area contributed by atoms with Gasteiger partial charge in [0, 0.05) is 10.8 Å². The highest BCUT2D eigenvalue weighted by atomic mass is 35.5. The average molecular weight is 280 g/mol. The van der Waals surface area contributed by atoms with Crippen molar-refractivity contribution in [2.75, 3.05) is 6.61 Å². The Bertz CT molecular complexity index is 508. The first-order valence-corrected chi connectivity index (χ1v) is 5.00. The fraction of sp³-hybridized carbons (Fsp3) is 0.182. The lowest BCUT2D eigenvalue weighted by atomic mass is 10.2. The molecule has 6 heteroatoms. The zero-order chi connectivity index (χ0) is 11.5. The topological polar surface area (TPSA) is 22.1 Å². The molecule has 17 heavy (non-hydrogen) atoms. The first-order valence-electron chi connectivity index (χ1n) is 4.62. The SMILES string of the molecule is Cl.FC(F)COc1cnc(Cl)c2ccccc12. The molecule has 0 aliphatic carbocycles. The van der Waals surface area contributed by atoms with E-state index in [2.05, 4.69) is 4.98 Å². The Morgan fingerprint density at radius 1 is 1.24 bits per heavy atom. The van der Waals surface area contributed by atoms with Gasteiger partial charge in [-0.25, -0.2) is 13.8 Å². The average Bonchev–Trinajstić information content (AvgIpc) is 2.28. The third-order valence-corrected chi connectivity index (χ3v) is 2.38. The van der Waals surface area contributed by atoms with Crippen LogP contribution in [0.1, 0.15) is 0 Å². The summed E-state index contributed by atoms with van der Waals surface area (Å²) in [6.07, 6.45) is -1.15. The molecule has 2 nitrogen and oxygen atoms in total. The Balaban J connectivity index is 0.00000144. The van der Waals surface area contributed by atoms with Crippen molar-refractivity contribution in [2.24, 2.45) is 0 Å². The van der Waals surface area contributed by atoms with Gasteiger partial charge < -0.3 is 4.74 Å². The second kappa shape index (κ2) is 5.98. The molecule has 0 bridgehead atoms. The number of fused-ring (bicyclic) bond motifs is 1. The van der Waals surface area contributed by atoms with E-state index in [-0.39, 0.29) is 12.4 Å². The molecule has 0 atom stereocenters. The quantitative estimate of drug-likeness (QED) is 0.794. The number of hydrogen-bond acceptors (Lipinski definition) is 2. The normalized spacial score (nSPS) is 10.4. The van der Waals surface area contributed by atoms with Crippen LogP contribution in [0.3, 0.4) is 0 Å². The Hall–Kier alpha value is -1.13. The number of benzene rings is 1. The molecule has 0 aliphatic heterocycles. The highest BCUT2D eigenvalue weighted by Crippen LogP contribution is 2.29. The van der Waals surface area contributed by atoms with Gasteiger partial charge in [-0.3, -0.25) is 0 Å². The number of ether oxygens (including phenoxy) is 1. The lowest BCUT2D eigenvalue weighted by Crippen LogP contribution is -2.07. The molecule has 0 amide bonds. The summed E-state index contributed by atoms with van der Waals surface area (Å²) in [5.41, 5.74) is 0. The fourth-order valence-electron chi connectivity index (χ4n) is 1.40. The van der Waals surface area contributed by atoms with Crippen LogP contribution in [-0.4, -0.2) is 18.0 Å². The molecule has 1 aromatic heterocycles. The number of alkyl halides is 2. The molecule has 0 fully saturated rings. The number of halogens is 4. The predicted octanol–water partition coefficient (Wildman–Crippen LogP) is 3.95. The maximum absolute atomic E-state index is 12.0. The van der Waals surface area contributed by atoms with Crippen LogP contribution in [0.5, 0.6) is 5.75 Å². The molecular formula is C11H9Cl2F2NO. The van der Waals surface area contributed by atoms with Gasteiger partial charge >= 0.3 is 0 Å². The van der Waals surface area contributed by atoms with Crippen LogP contribution >= 0.6 is 24.0 Å². The Morgan fingerprint density at radius 3 is 2.53 bits per heavy atom. The van der Waals surface area contributed by atoms with Gasteiger partial charge in [0.25, 0.3) is 6.43 Å². The molecule has 1 aromatic carbocycles. The zero-order valence-electron chi connectivity index (χ0n) is 8.57. The summed E-state index contributed by atoms with van der Waals surface area (Å²) >= 11 is 5.88. The molecule has 2 aromatic rings. The number of hydrogen-bond donors (Lipinski definition) is 0. The van der Waals surface area contributed by atoms with E-state index in [1.54, 1.807) is 24.3 Å². The van der Waals surface area contributed by atoms with Crippen molar-refractivity contribution >= 4 is 34.8 Å². The lowest BCUT2D eigenvalue weighted by Gasteiger charge is -2.08. The minimum atomic E-state index is -2.51. The van der Waals surface area contributed by atoms with Crippen molar-refractivity contribution in [1.82, 2.24) is 4.98 Å². The van der Waals surface area contributed by atoms with E-state index in [0.717, 1.165) is 0 Å². The molecule has 0 unspecified atom stereocenters. The van der Waals surface area contributed by atoms with Crippen molar-refractivity contribution in [3.63, 3.8) is 0 Å². The smallest absolute Gasteiger partial charge is 0.272 e. The van der Waals surface area contributed by atoms with Gasteiger partial charge in [-0.2, -0.15) is 0 Å². The predicted molar refractivity (Wildman–Crippen MR) is 65.5 cm³/mol. The molecule has 0 saturated heterocycles. The van der Waals surface area contributed by atoms with E-state index in [9.17, 15) is 8.78 Å². The molecule has 0 spiro atoms. The maximum Gasteiger partial charge on any atom is 0.272 e. The summed E-state index contributed by atoms with van der Waals surface area (Å²) in [5, 5.41) is 1.71. The van der Waals surface area contributed by atoms with Crippen LogP contribution in [0.4, 0.5) is 8.78 Å². The van der Waals surface area contributed by atoms with E-state index in [1.807, 2.05) is 0 Å². The number of pyridine rings is 1. The Kier molecular flexibility index (Phi) is 4.90. The highest BCUT2D eigenvalue weighted by Gasteiger charge is 2.09. The van der Waals surface area contributed by atoms with Crippen molar-refractivity contribution in [3.05, 3.63) is 35.6 Å². The van der Waals surface area contributed by atoms with E-state index in [4.69, 9.17) is 16.3 Å². The second-order valence-electron chi connectivity index (χ2n) is 3.16. The molecule has 92 valence electrons. The van der Waals surface area contributed by atoms with Gasteiger partial charge in [0.2, 0.25) is 0 Å². The fourth-order valence-corrected chi connectivity index (χ4v) is 1.61. The summed E-state index contributed by atoms with van der Waals surface area (Å²) in [4.78, 5) is 3.88. The summed E-state index contributed by atoms with van der Waals surface area (Å²) in [5.74, 6) is 0.320. The largest absolute Gasteiger partial charge is 0.485 e. The van der Waals surface area contributed by atoms with Crippen molar-refractivity contribution in [2.45, 2.75) is 6.43 Å². The van der Waals surface area contributed by atoms with Crippen molar-refractivity contribution in [1.29, 1.82) is 0 Å². The zero-order valence-corrected chi connectivity index (χ0v) is 10.1. The summed E-state index contributed by atoms with van der Waals surface area (Å²) in [6.45, 7) is -0.646. The molecule has 0 aliphatic rings. The maximum atomic E-state index is 12.0. The Morgan fingerprint density at radius 2 is 1.88 bits per heavy atom. The van der Waals surface area contributed by atoms with Crippen LogP contribution in [0.15, 0.2) is 30.5 Å². The van der Waals surface area contributed by atoms with Gasteiger partial charge in [0.15, 0.2) is 0 Å². The third-order valence-electron chi connectivity index (χ3n) is 2.07. The van der Waals surface area contributed by atoms with Gasteiger partial charge in [-0.1, -0.05) is 35.9 Å². The van der Waals surface area contributed by atoms with Crippen LogP contribution in [0, 0.1) is 0 Å². The monoisotopic (exact) mass is 279 g/mol. The molecule has 0 saturated carbocycles. The van der Waals surface area contributed by atoms with E-state index < -0.39 is 13.0 Å². The van der Waals surface area contributed by atoms with Crippen LogP contribution in [0.25, 0.3) is 10.8 Å². The third kappa shape index (κ3) is 3.17. The van der Waals surface area contributed by atoms with Crippen molar-refractivity contribution < 1.29 is 13.5 Å². The summed E-state index contributed by atoms with van der Waals surface area (Å²) in [7, 11) is 0. The molecule has 2 rings (SSSR count). The van der Waals surface area contributed by atoms with Crippen molar-refractivity contribution in [3.8, 4) is 5.75 Å². The van der Waals surface area contributed by atoms with Gasteiger partial charge in [0.05, 0.1) is 6.20 Å². The van der Waals surface area contributed by atoms with Crippen LogP contribution in [0.2, 0.25) is 5.15 Å². The molecule has 0 N–H and O–H groups in total. The van der Waals surface area contributed by atoms with Crippen LogP contribution in [-0.2, 0) is 0 Å². The standard InChI is InChI=1S/C11H8ClF2NO.ClH/c12-11-8-4-2-1-3-7(8)9(5-15-11)16-6-10(13)14;/h1-5,10H,6H2;1H. The lowest BCUT2D eigenvalue weighted by molar-refractivity contribution is 0.0825. The van der Waals surface area contributed by atoms with Crippen LogP contribution < -0.4 is 4.74 Å². The van der Waals surface area contributed by atoms with E-state index in [1.165, 1.54) is 6.20 Å². The first-order chi connectivity index (χ1) is 7.68. The van der Waals surface area contributed by atoms with Gasteiger partial charge in [-0.15, -0.1) is 12.4 Å². The summed E-state index contributed by atoms with van der Waals surface area (Å²) in [6, 6.07) is 7.10. The first kappa shape index (κ1) is 13.9. The number of nitrogens with zero attached hydrogens (tertiary/aromatic N) is 1. The number of rotatable bonds is 3. The highest BCUT2D eigenvalue weighted by molar-refractivity contribution is 6.34.